The average molecular weight is 272 g/mol. The molecule has 0 saturated heterocycles. The Hall–Kier alpha value is -1.52. The van der Waals surface area contributed by atoms with Gasteiger partial charge in [-0.1, -0.05) is 18.6 Å². The van der Waals surface area contributed by atoms with Gasteiger partial charge >= 0.3 is 6.18 Å². The van der Waals surface area contributed by atoms with Crippen LogP contribution in [-0.2, 0) is 0 Å². The summed E-state index contributed by atoms with van der Waals surface area (Å²) in [5.41, 5.74) is -0.374. The largest absolute Gasteiger partial charge is 0.490 e. The molecule has 1 aliphatic rings. The minimum absolute atomic E-state index is 0.0463. The summed E-state index contributed by atoms with van der Waals surface area (Å²) < 4.78 is 42.6. The van der Waals surface area contributed by atoms with Crippen LogP contribution >= 0.6 is 0 Å². The molecule has 1 saturated carbocycles. The van der Waals surface area contributed by atoms with Crippen molar-refractivity contribution in [1.82, 2.24) is 0 Å². The summed E-state index contributed by atoms with van der Waals surface area (Å²) in [6.07, 6.45) is 0.354. The topological polar surface area (TPSA) is 26.3 Å². The van der Waals surface area contributed by atoms with E-state index in [1.165, 1.54) is 18.6 Å². The van der Waals surface area contributed by atoms with Crippen LogP contribution in [0, 0.1) is 0 Å². The maximum Gasteiger partial charge on any atom is 0.454 e. The van der Waals surface area contributed by atoms with Crippen molar-refractivity contribution in [3.63, 3.8) is 0 Å². The lowest BCUT2D eigenvalue weighted by Crippen LogP contribution is -2.23. The van der Waals surface area contributed by atoms with Gasteiger partial charge in [-0.15, -0.1) is 0 Å². The van der Waals surface area contributed by atoms with Gasteiger partial charge in [0.15, 0.2) is 0 Å². The van der Waals surface area contributed by atoms with Crippen molar-refractivity contribution < 1.29 is 22.7 Å². The number of benzene rings is 1. The molecular weight excluding hydrogens is 257 g/mol. The van der Waals surface area contributed by atoms with E-state index in [2.05, 4.69) is 0 Å². The third-order valence-electron chi connectivity index (χ3n) is 3.21. The Morgan fingerprint density at radius 2 is 1.84 bits per heavy atom. The van der Waals surface area contributed by atoms with Crippen molar-refractivity contribution in [2.45, 2.75) is 44.4 Å². The van der Waals surface area contributed by atoms with Crippen LogP contribution in [0.25, 0.3) is 0 Å². The van der Waals surface area contributed by atoms with Crippen LogP contribution in [0.1, 0.15) is 42.5 Å². The Bertz CT molecular complexity index is 448. The lowest BCUT2D eigenvalue weighted by Gasteiger charge is -2.23. The highest BCUT2D eigenvalue weighted by atomic mass is 19.4. The van der Waals surface area contributed by atoms with Gasteiger partial charge in [0.2, 0.25) is 0 Å². The van der Waals surface area contributed by atoms with E-state index < -0.39 is 12.0 Å². The lowest BCUT2D eigenvalue weighted by atomic mass is 9.98. The first kappa shape index (κ1) is 13.9. The molecule has 0 atom stereocenters. The van der Waals surface area contributed by atoms with Gasteiger partial charge < -0.3 is 4.74 Å². The number of carbonyl (C=O) groups excluding carboxylic acids is 1. The van der Waals surface area contributed by atoms with Crippen molar-refractivity contribution in [3.8, 4) is 5.75 Å². The Kier molecular flexibility index (Phi) is 4.12. The molecule has 0 unspecified atom stereocenters. The van der Waals surface area contributed by atoms with Crippen LogP contribution in [0.2, 0.25) is 0 Å². The lowest BCUT2D eigenvalue weighted by molar-refractivity contribution is -0.0885. The molecule has 104 valence electrons. The second-order valence-electron chi connectivity index (χ2n) is 4.73. The number of rotatable bonds is 3. The summed E-state index contributed by atoms with van der Waals surface area (Å²) in [5, 5.41) is 0. The highest BCUT2D eigenvalue weighted by Crippen LogP contribution is 2.26. The second kappa shape index (κ2) is 5.63. The molecule has 0 spiro atoms. The molecule has 1 fully saturated rings. The van der Waals surface area contributed by atoms with E-state index in [1.807, 2.05) is 0 Å². The van der Waals surface area contributed by atoms with Gasteiger partial charge in [0.1, 0.15) is 5.75 Å². The molecular formula is C14H15F3O2. The summed E-state index contributed by atoms with van der Waals surface area (Å²) >= 11 is 0. The zero-order valence-corrected chi connectivity index (χ0v) is 10.4. The van der Waals surface area contributed by atoms with Gasteiger partial charge in [0, 0.05) is 5.56 Å². The SMILES string of the molecule is O=C(c1cccc(OC2CCCCC2)c1)C(F)(F)F. The van der Waals surface area contributed by atoms with Crippen LogP contribution in [0.3, 0.4) is 0 Å². The minimum Gasteiger partial charge on any atom is -0.490 e. The van der Waals surface area contributed by atoms with Crippen molar-refractivity contribution in [1.29, 1.82) is 0 Å². The molecule has 5 heteroatoms. The monoisotopic (exact) mass is 272 g/mol. The van der Waals surface area contributed by atoms with E-state index in [1.54, 1.807) is 6.07 Å². The predicted molar refractivity (Wildman–Crippen MR) is 64.3 cm³/mol. The first-order chi connectivity index (χ1) is 8.97. The Balaban J connectivity index is 2.08. The Morgan fingerprint density at radius 1 is 1.16 bits per heavy atom. The van der Waals surface area contributed by atoms with Crippen LogP contribution < -0.4 is 4.74 Å². The first-order valence-electron chi connectivity index (χ1n) is 6.35. The van der Waals surface area contributed by atoms with Crippen LogP contribution in [-0.4, -0.2) is 18.1 Å². The zero-order valence-electron chi connectivity index (χ0n) is 10.4. The third kappa shape index (κ3) is 3.72. The number of ketones is 1. The van der Waals surface area contributed by atoms with Crippen molar-refractivity contribution in [3.05, 3.63) is 29.8 Å². The zero-order chi connectivity index (χ0) is 13.9. The summed E-state index contributed by atoms with van der Waals surface area (Å²) in [6, 6.07) is 5.33. The molecule has 0 aromatic heterocycles. The maximum atomic E-state index is 12.3. The third-order valence-corrected chi connectivity index (χ3v) is 3.21. The molecule has 1 aromatic rings. The van der Waals surface area contributed by atoms with Crippen molar-refractivity contribution in [2.24, 2.45) is 0 Å². The number of carbonyl (C=O) groups is 1. The van der Waals surface area contributed by atoms with Crippen LogP contribution in [0.15, 0.2) is 24.3 Å². The summed E-state index contributed by atoms with van der Waals surface area (Å²) in [5.74, 6) is -1.50. The number of alkyl halides is 3. The van der Waals surface area contributed by atoms with E-state index in [0.29, 0.717) is 5.75 Å². The average Bonchev–Trinajstić information content (AvgIpc) is 2.38. The van der Waals surface area contributed by atoms with E-state index in [9.17, 15) is 18.0 Å². The smallest absolute Gasteiger partial charge is 0.454 e. The number of halogens is 3. The fourth-order valence-corrected chi connectivity index (χ4v) is 2.25. The number of ether oxygens (including phenoxy) is 1. The predicted octanol–water partition coefficient (Wildman–Crippen LogP) is 4.14. The van der Waals surface area contributed by atoms with Crippen molar-refractivity contribution in [2.75, 3.05) is 0 Å². The van der Waals surface area contributed by atoms with Gasteiger partial charge in [0.05, 0.1) is 6.10 Å². The van der Waals surface area contributed by atoms with Crippen molar-refractivity contribution >= 4 is 5.78 Å². The van der Waals surface area contributed by atoms with Gasteiger partial charge in [-0.05, 0) is 37.8 Å². The van der Waals surface area contributed by atoms with Crippen LogP contribution in [0.5, 0.6) is 5.75 Å². The van der Waals surface area contributed by atoms with Gasteiger partial charge in [0.25, 0.3) is 5.78 Å². The molecule has 2 nitrogen and oxygen atoms in total. The second-order valence-corrected chi connectivity index (χ2v) is 4.73. The molecule has 2 rings (SSSR count). The Morgan fingerprint density at radius 3 is 2.47 bits per heavy atom. The van der Waals surface area contributed by atoms with E-state index in [0.717, 1.165) is 31.7 Å². The number of hydrogen-bond acceptors (Lipinski definition) is 2. The fourth-order valence-electron chi connectivity index (χ4n) is 2.25. The normalized spacial score (nSPS) is 17.2. The maximum absolute atomic E-state index is 12.3. The molecule has 1 aromatic carbocycles. The summed E-state index contributed by atoms with van der Waals surface area (Å²) in [7, 11) is 0. The van der Waals surface area contributed by atoms with Gasteiger partial charge in [-0.25, -0.2) is 0 Å². The highest BCUT2D eigenvalue weighted by Gasteiger charge is 2.39. The standard InChI is InChI=1S/C14H15F3O2/c15-14(16,17)13(18)10-5-4-8-12(9-10)19-11-6-2-1-3-7-11/h4-5,8-9,11H,1-3,6-7H2. The van der Waals surface area contributed by atoms with E-state index in [4.69, 9.17) is 4.74 Å². The molecule has 1 aliphatic carbocycles. The minimum atomic E-state index is -4.84. The number of Topliss-reactive ketones (excluding diaryl/α,β-unsaturated/α-hetero) is 1. The van der Waals surface area contributed by atoms with Gasteiger partial charge in [-0.2, -0.15) is 13.2 Å². The fraction of sp³-hybridized carbons (Fsp3) is 0.500. The summed E-state index contributed by atoms with van der Waals surface area (Å²) in [4.78, 5) is 11.1. The molecule has 0 heterocycles. The molecule has 19 heavy (non-hydrogen) atoms. The molecule has 0 radical (unpaired) electrons. The molecule has 0 aliphatic heterocycles. The number of hydrogen-bond donors (Lipinski definition) is 0. The quantitative estimate of drug-likeness (QED) is 0.773. The molecule has 0 bridgehead atoms. The molecule has 0 N–H and O–H groups in total. The first-order valence-corrected chi connectivity index (χ1v) is 6.35. The Labute approximate surface area is 109 Å². The summed E-state index contributed by atoms with van der Waals surface area (Å²) in [6.45, 7) is 0. The molecule has 0 amide bonds. The van der Waals surface area contributed by atoms with Crippen LogP contribution in [0.4, 0.5) is 13.2 Å². The van der Waals surface area contributed by atoms with Gasteiger partial charge in [-0.3, -0.25) is 4.79 Å². The highest BCUT2D eigenvalue weighted by molar-refractivity contribution is 6.00. The van der Waals surface area contributed by atoms with E-state index in [-0.39, 0.29) is 11.7 Å². The van der Waals surface area contributed by atoms with E-state index >= 15 is 0 Å².